The van der Waals surface area contributed by atoms with Gasteiger partial charge in [-0.2, -0.15) is 0 Å². The lowest BCUT2D eigenvalue weighted by molar-refractivity contribution is -0.00547. The van der Waals surface area contributed by atoms with Crippen LogP contribution in [0.4, 0.5) is 0 Å². The molecule has 2 fully saturated rings. The molecule has 0 aromatic rings. The average Bonchev–Trinajstić information content (AvgIpc) is 2.77. The maximum Gasteiger partial charge on any atom is 0.0657 e. The molecule has 4 unspecified atom stereocenters. The lowest BCUT2D eigenvalue weighted by Gasteiger charge is -2.50. The lowest BCUT2D eigenvalue weighted by Crippen LogP contribution is -2.43. The molecule has 22 heavy (non-hydrogen) atoms. The molecule has 4 atom stereocenters. The maximum absolute atomic E-state index is 10.4. The molecule has 124 valence electrons. The number of hydrogen-bond donors (Lipinski definition) is 1. The normalized spacial score (nSPS) is 45.5. The highest BCUT2D eigenvalue weighted by Gasteiger charge is 2.46. The monoisotopic (exact) mass is 302 g/mol. The van der Waals surface area contributed by atoms with Gasteiger partial charge in [0, 0.05) is 0 Å². The Morgan fingerprint density at radius 3 is 2.68 bits per heavy atom. The molecule has 1 N–H and O–H groups in total. The molecule has 1 nitrogen and oxygen atoms in total. The van der Waals surface area contributed by atoms with Gasteiger partial charge in [0.05, 0.1) is 5.60 Å². The van der Waals surface area contributed by atoms with Crippen LogP contribution in [0.1, 0.15) is 85.0 Å². The van der Waals surface area contributed by atoms with E-state index in [0.29, 0.717) is 10.8 Å². The lowest BCUT2D eigenvalue weighted by atomic mass is 9.56. The van der Waals surface area contributed by atoms with Crippen LogP contribution in [0.15, 0.2) is 23.8 Å². The van der Waals surface area contributed by atoms with Gasteiger partial charge in [-0.3, -0.25) is 0 Å². The number of fused-ring (bicyclic) bond motifs is 1. The van der Waals surface area contributed by atoms with Crippen molar-refractivity contribution in [2.45, 2.75) is 90.6 Å². The Morgan fingerprint density at radius 2 is 2.00 bits per heavy atom. The molecule has 3 aliphatic rings. The largest absolute Gasteiger partial charge is 0.390 e. The summed E-state index contributed by atoms with van der Waals surface area (Å²) in [6.07, 6.45) is 14.6. The average molecular weight is 303 g/mol. The van der Waals surface area contributed by atoms with Gasteiger partial charge < -0.3 is 5.11 Å². The smallest absolute Gasteiger partial charge is 0.0657 e. The van der Waals surface area contributed by atoms with Crippen LogP contribution in [0.25, 0.3) is 0 Å². The van der Waals surface area contributed by atoms with E-state index >= 15 is 0 Å². The molecular formula is C21H34O. The van der Waals surface area contributed by atoms with Crippen molar-refractivity contribution in [3.63, 3.8) is 0 Å². The van der Waals surface area contributed by atoms with Crippen LogP contribution in [0.5, 0.6) is 0 Å². The van der Waals surface area contributed by atoms with Gasteiger partial charge in [-0.05, 0) is 87.9 Å². The van der Waals surface area contributed by atoms with Gasteiger partial charge in [0.15, 0.2) is 0 Å². The molecular weight excluding hydrogens is 268 g/mol. The SMILES string of the molecule is C=C1CCCC1(C)CCC1CCC=C2CC(C)(O)CCC21C. The zero-order chi connectivity index (χ0) is 16.0. The second-order valence-corrected chi connectivity index (χ2v) is 9.15. The van der Waals surface area contributed by atoms with Gasteiger partial charge in [0.1, 0.15) is 0 Å². The predicted molar refractivity (Wildman–Crippen MR) is 93.7 cm³/mol. The Morgan fingerprint density at radius 1 is 1.23 bits per heavy atom. The quantitative estimate of drug-likeness (QED) is 0.654. The van der Waals surface area contributed by atoms with Crippen LogP contribution in [0, 0.1) is 16.7 Å². The molecule has 3 rings (SSSR count). The topological polar surface area (TPSA) is 20.2 Å². The molecule has 0 heterocycles. The summed E-state index contributed by atoms with van der Waals surface area (Å²) < 4.78 is 0. The number of allylic oxidation sites excluding steroid dienone is 2. The minimum absolute atomic E-state index is 0.344. The fourth-order valence-corrected chi connectivity index (χ4v) is 5.37. The number of hydrogen-bond acceptors (Lipinski definition) is 1. The molecule has 1 heteroatoms. The predicted octanol–water partition coefficient (Wildman–Crippen LogP) is 5.79. The van der Waals surface area contributed by atoms with Gasteiger partial charge in [-0.1, -0.05) is 37.6 Å². The summed E-state index contributed by atoms with van der Waals surface area (Å²) in [5.41, 5.74) is 3.32. The number of aliphatic hydroxyl groups is 1. The summed E-state index contributed by atoms with van der Waals surface area (Å²) in [4.78, 5) is 0. The van der Waals surface area contributed by atoms with Crippen LogP contribution in [0.2, 0.25) is 0 Å². The first-order chi connectivity index (χ1) is 10.3. The molecule has 0 amide bonds. The number of rotatable bonds is 3. The Labute approximate surface area is 136 Å². The van der Waals surface area contributed by atoms with Crippen LogP contribution < -0.4 is 0 Å². The van der Waals surface area contributed by atoms with E-state index in [4.69, 9.17) is 0 Å². The zero-order valence-corrected chi connectivity index (χ0v) is 14.9. The van der Waals surface area contributed by atoms with Gasteiger partial charge in [0.25, 0.3) is 0 Å². The van der Waals surface area contributed by atoms with E-state index in [9.17, 15) is 5.11 Å². The minimum atomic E-state index is -0.473. The highest BCUT2D eigenvalue weighted by Crippen LogP contribution is 2.56. The fraction of sp³-hybridized carbons (Fsp3) is 0.810. The summed E-state index contributed by atoms with van der Waals surface area (Å²) >= 11 is 0. The van der Waals surface area contributed by atoms with Crippen LogP contribution in [-0.2, 0) is 0 Å². The van der Waals surface area contributed by atoms with Crippen molar-refractivity contribution in [3.8, 4) is 0 Å². The Balaban J connectivity index is 1.70. The molecule has 2 saturated carbocycles. The van der Waals surface area contributed by atoms with E-state index in [0.717, 1.165) is 25.2 Å². The van der Waals surface area contributed by atoms with Crippen molar-refractivity contribution in [3.05, 3.63) is 23.8 Å². The fourth-order valence-electron chi connectivity index (χ4n) is 5.37. The van der Waals surface area contributed by atoms with E-state index in [1.807, 2.05) is 6.92 Å². The van der Waals surface area contributed by atoms with E-state index in [1.54, 1.807) is 5.57 Å². The van der Waals surface area contributed by atoms with Crippen LogP contribution in [-0.4, -0.2) is 10.7 Å². The van der Waals surface area contributed by atoms with Crippen LogP contribution >= 0.6 is 0 Å². The van der Waals surface area contributed by atoms with Gasteiger partial charge in [0.2, 0.25) is 0 Å². The molecule has 0 aliphatic heterocycles. The van der Waals surface area contributed by atoms with Crippen molar-refractivity contribution in [1.82, 2.24) is 0 Å². The van der Waals surface area contributed by atoms with E-state index in [-0.39, 0.29) is 0 Å². The zero-order valence-electron chi connectivity index (χ0n) is 14.9. The summed E-state index contributed by atoms with van der Waals surface area (Å²) in [6, 6.07) is 0. The summed E-state index contributed by atoms with van der Waals surface area (Å²) in [5.74, 6) is 0.800. The minimum Gasteiger partial charge on any atom is -0.390 e. The van der Waals surface area contributed by atoms with Gasteiger partial charge in [-0.25, -0.2) is 0 Å². The van der Waals surface area contributed by atoms with Crippen molar-refractivity contribution < 1.29 is 5.11 Å². The Hall–Kier alpha value is -0.560. The second kappa shape index (κ2) is 5.51. The molecule has 3 aliphatic carbocycles. The Bertz CT molecular complexity index is 486. The molecule has 0 bridgehead atoms. The molecule has 0 aromatic heterocycles. The molecule has 0 aromatic carbocycles. The van der Waals surface area contributed by atoms with Crippen LogP contribution in [0.3, 0.4) is 0 Å². The molecule has 0 radical (unpaired) electrons. The molecule has 0 saturated heterocycles. The van der Waals surface area contributed by atoms with E-state index in [1.165, 1.54) is 50.5 Å². The van der Waals surface area contributed by atoms with Crippen molar-refractivity contribution >= 4 is 0 Å². The third-order valence-electron chi connectivity index (χ3n) is 7.40. The summed E-state index contributed by atoms with van der Waals surface area (Å²) in [6.45, 7) is 11.3. The van der Waals surface area contributed by atoms with E-state index < -0.39 is 5.60 Å². The first-order valence-corrected chi connectivity index (χ1v) is 9.35. The van der Waals surface area contributed by atoms with E-state index in [2.05, 4.69) is 26.5 Å². The Kier molecular flexibility index (Phi) is 4.08. The highest BCUT2D eigenvalue weighted by atomic mass is 16.3. The summed E-state index contributed by atoms with van der Waals surface area (Å²) in [7, 11) is 0. The molecule has 0 spiro atoms. The van der Waals surface area contributed by atoms with Gasteiger partial charge in [-0.15, -0.1) is 0 Å². The first-order valence-electron chi connectivity index (χ1n) is 9.35. The van der Waals surface area contributed by atoms with Crippen molar-refractivity contribution in [2.75, 3.05) is 0 Å². The van der Waals surface area contributed by atoms with Crippen molar-refractivity contribution in [2.24, 2.45) is 16.7 Å². The maximum atomic E-state index is 10.4. The second-order valence-electron chi connectivity index (χ2n) is 9.15. The van der Waals surface area contributed by atoms with Crippen molar-refractivity contribution in [1.29, 1.82) is 0 Å². The third-order valence-corrected chi connectivity index (χ3v) is 7.40. The summed E-state index contributed by atoms with van der Waals surface area (Å²) in [5, 5.41) is 10.4. The van der Waals surface area contributed by atoms with Gasteiger partial charge >= 0.3 is 0 Å². The third kappa shape index (κ3) is 2.82. The first kappa shape index (κ1) is 16.3. The standard InChI is InChI=1S/C21H34O/c1-16-7-6-11-19(16,2)12-10-17-8-5-9-18-15-20(3,22)13-14-21(17,18)4/h9,17,22H,1,5-8,10-15H2,2-4H3. The highest BCUT2D eigenvalue weighted by molar-refractivity contribution is 5.24.